The zero-order valence-electron chi connectivity index (χ0n) is 12.1. The van der Waals surface area contributed by atoms with Gasteiger partial charge in [-0.25, -0.2) is 4.98 Å². The van der Waals surface area contributed by atoms with Crippen molar-refractivity contribution in [2.24, 2.45) is 0 Å². The molecule has 1 N–H and O–H groups in total. The van der Waals surface area contributed by atoms with Crippen LogP contribution in [0.3, 0.4) is 0 Å². The lowest BCUT2D eigenvalue weighted by atomic mass is 10.3. The van der Waals surface area contributed by atoms with E-state index in [2.05, 4.69) is 10.3 Å². The number of imidazole rings is 1. The summed E-state index contributed by atoms with van der Waals surface area (Å²) in [6.07, 6.45) is -4.63. The fourth-order valence-electron chi connectivity index (χ4n) is 2.21. The Morgan fingerprint density at radius 3 is 2.73 bits per heavy atom. The Balaban J connectivity index is 2.31. The molecule has 1 heterocycles. The van der Waals surface area contributed by atoms with Gasteiger partial charge in [-0.2, -0.15) is 13.2 Å². The maximum Gasteiger partial charge on any atom is 0.449 e. The minimum absolute atomic E-state index is 0.201. The Labute approximate surface area is 125 Å². The number of rotatable bonds is 5. The third-order valence-corrected chi connectivity index (χ3v) is 3.03. The fourth-order valence-corrected chi connectivity index (χ4v) is 2.21. The third kappa shape index (κ3) is 3.56. The second kappa shape index (κ2) is 6.35. The van der Waals surface area contributed by atoms with E-state index in [0.29, 0.717) is 0 Å². The van der Waals surface area contributed by atoms with Gasteiger partial charge in [0, 0.05) is 13.2 Å². The molecule has 0 aliphatic carbocycles. The molecule has 0 bridgehead atoms. The molecule has 0 spiro atoms. The van der Waals surface area contributed by atoms with Gasteiger partial charge in [0.25, 0.3) is 0 Å². The van der Waals surface area contributed by atoms with Crippen molar-refractivity contribution < 1.29 is 22.7 Å². The summed E-state index contributed by atoms with van der Waals surface area (Å²) in [5, 5.41) is 2.58. The molecule has 120 valence electrons. The van der Waals surface area contributed by atoms with Crippen molar-refractivity contribution in [1.29, 1.82) is 0 Å². The molecule has 0 fully saturated rings. The minimum Gasteiger partial charge on any atom is -0.383 e. The van der Waals surface area contributed by atoms with Crippen molar-refractivity contribution in [3.05, 3.63) is 30.1 Å². The van der Waals surface area contributed by atoms with Crippen LogP contribution in [-0.4, -0.2) is 35.2 Å². The molecule has 0 aliphatic rings. The number of alkyl halides is 3. The van der Waals surface area contributed by atoms with Crippen LogP contribution in [0.5, 0.6) is 0 Å². The summed E-state index contributed by atoms with van der Waals surface area (Å²) in [4.78, 5) is 15.5. The predicted octanol–water partition coefficient (Wildman–Crippen LogP) is 2.21. The van der Waals surface area contributed by atoms with E-state index < -0.39 is 24.5 Å². The standard InChI is InChI=1S/C14H16F3N3O2/c1-9(8-22-2)18-12(21)7-20-11-6-4-3-5-10(11)19-13(20)14(15,16)17/h3-6,9H,7-8H2,1-2H3,(H,18,21). The number of nitrogens with one attached hydrogen (secondary N) is 1. The Morgan fingerprint density at radius 2 is 2.09 bits per heavy atom. The molecule has 0 radical (unpaired) electrons. The Bertz CT molecular complexity index is 667. The van der Waals surface area contributed by atoms with Crippen LogP contribution >= 0.6 is 0 Å². The van der Waals surface area contributed by atoms with E-state index in [9.17, 15) is 18.0 Å². The Morgan fingerprint density at radius 1 is 1.41 bits per heavy atom. The summed E-state index contributed by atoms with van der Waals surface area (Å²) in [5.41, 5.74) is 0.469. The molecule has 2 rings (SSSR count). The second-order valence-electron chi connectivity index (χ2n) is 4.93. The van der Waals surface area contributed by atoms with E-state index in [1.165, 1.54) is 19.2 Å². The summed E-state index contributed by atoms with van der Waals surface area (Å²) in [6.45, 7) is 1.53. The van der Waals surface area contributed by atoms with Gasteiger partial charge >= 0.3 is 6.18 Å². The molecule has 8 heteroatoms. The molecule has 1 atom stereocenters. The Kier molecular flexibility index (Phi) is 4.70. The molecule has 0 saturated heterocycles. The van der Waals surface area contributed by atoms with Gasteiger partial charge in [0.2, 0.25) is 11.7 Å². The molecular formula is C14H16F3N3O2. The van der Waals surface area contributed by atoms with Crippen molar-refractivity contribution in [3.8, 4) is 0 Å². The first kappa shape index (κ1) is 16.3. The highest BCUT2D eigenvalue weighted by molar-refractivity contribution is 5.81. The van der Waals surface area contributed by atoms with Crippen molar-refractivity contribution >= 4 is 16.9 Å². The first-order valence-corrected chi connectivity index (χ1v) is 6.63. The molecule has 1 aromatic heterocycles. The van der Waals surface area contributed by atoms with Crippen LogP contribution in [0.2, 0.25) is 0 Å². The maximum absolute atomic E-state index is 13.1. The molecule has 22 heavy (non-hydrogen) atoms. The molecule has 1 amide bonds. The van der Waals surface area contributed by atoms with Gasteiger partial charge in [0.05, 0.1) is 17.6 Å². The molecule has 1 aromatic carbocycles. The van der Waals surface area contributed by atoms with Crippen LogP contribution in [0.1, 0.15) is 12.7 Å². The van der Waals surface area contributed by atoms with Gasteiger partial charge in [-0.1, -0.05) is 12.1 Å². The second-order valence-corrected chi connectivity index (χ2v) is 4.93. The number of hydrogen-bond donors (Lipinski definition) is 1. The van der Waals surface area contributed by atoms with E-state index in [-0.39, 0.29) is 23.7 Å². The van der Waals surface area contributed by atoms with E-state index >= 15 is 0 Å². The van der Waals surface area contributed by atoms with E-state index in [1.807, 2.05) is 0 Å². The number of carbonyl (C=O) groups is 1. The number of amides is 1. The van der Waals surface area contributed by atoms with Crippen LogP contribution in [0.15, 0.2) is 24.3 Å². The smallest absolute Gasteiger partial charge is 0.383 e. The SMILES string of the molecule is COCC(C)NC(=O)Cn1c(C(F)(F)F)nc2ccccc21. The normalized spacial score (nSPS) is 13.3. The van der Waals surface area contributed by atoms with E-state index in [1.54, 1.807) is 19.1 Å². The van der Waals surface area contributed by atoms with Gasteiger partial charge in [0.15, 0.2) is 0 Å². The number of carbonyl (C=O) groups excluding carboxylic acids is 1. The summed E-state index contributed by atoms with van der Waals surface area (Å²) in [5.74, 6) is -1.61. The topological polar surface area (TPSA) is 56.1 Å². The van der Waals surface area contributed by atoms with Gasteiger partial charge in [-0.3, -0.25) is 4.79 Å². The number of benzene rings is 1. The van der Waals surface area contributed by atoms with E-state index in [0.717, 1.165) is 4.57 Å². The maximum atomic E-state index is 13.1. The number of para-hydroxylation sites is 2. The number of fused-ring (bicyclic) bond motifs is 1. The third-order valence-electron chi connectivity index (χ3n) is 3.03. The highest BCUT2D eigenvalue weighted by atomic mass is 19.4. The lowest BCUT2D eigenvalue weighted by Gasteiger charge is -2.15. The first-order chi connectivity index (χ1) is 10.3. The summed E-state index contributed by atoms with van der Waals surface area (Å²) < 4.78 is 45.0. The summed E-state index contributed by atoms with van der Waals surface area (Å²) in [6, 6.07) is 5.89. The molecule has 1 unspecified atom stereocenters. The number of nitrogens with zero attached hydrogens (tertiary/aromatic N) is 2. The quantitative estimate of drug-likeness (QED) is 0.920. The van der Waals surface area contributed by atoms with Crippen molar-refractivity contribution in [2.45, 2.75) is 25.7 Å². The first-order valence-electron chi connectivity index (χ1n) is 6.63. The summed E-state index contributed by atoms with van der Waals surface area (Å²) >= 11 is 0. The van der Waals surface area contributed by atoms with E-state index in [4.69, 9.17) is 4.74 Å². The molecule has 5 nitrogen and oxygen atoms in total. The van der Waals surface area contributed by atoms with Gasteiger partial charge in [0.1, 0.15) is 6.54 Å². The number of aromatic nitrogens is 2. The molecule has 0 aliphatic heterocycles. The highest BCUT2D eigenvalue weighted by Gasteiger charge is 2.38. The fraction of sp³-hybridized carbons (Fsp3) is 0.429. The molecule has 2 aromatic rings. The van der Waals surface area contributed by atoms with Crippen molar-refractivity contribution in [2.75, 3.05) is 13.7 Å². The van der Waals surface area contributed by atoms with Gasteiger partial charge in [-0.15, -0.1) is 0 Å². The van der Waals surface area contributed by atoms with Gasteiger partial charge in [-0.05, 0) is 19.1 Å². The number of methoxy groups -OCH3 is 1. The average Bonchev–Trinajstić information content (AvgIpc) is 2.78. The van der Waals surface area contributed by atoms with Gasteiger partial charge < -0.3 is 14.6 Å². The van der Waals surface area contributed by atoms with Crippen LogP contribution < -0.4 is 5.32 Å². The Hall–Kier alpha value is -2.09. The zero-order valence-corrected chi connectivity index (χ0v) is 12.1. The zero-order chi connectivity index (χ0) is 16.3. The van der Waals surface area contributed by atoms with Crippen LogP contribution in [0, 0.1) is 0 Å². The largest absolute Gasteiger partial charge is 0.449 e. The van der Waals surface area contributed by atoms with Crippen LogP contribution in [-0.2, 0) is 22.3 Å². The monoisotopic (exact) mass is 315 g/mol. The minimum atomic E-state index is -4.63. The molecule has 0 saturated carbocycles. The number of ether oxygens (including phenoxy) is 1. The van der Waals surface area contributed by atoms with Crippen LogP contribution in [0.4, 0.5) is 13.2 Å². The summed E-state index contributed by atoms with van der Waals surface area (Å²) in [7, 11) is 1.48. The predicted molar refractivity (Wildman–Crippen MR) is 74.2 cm³/mol. The lowest BCUT2D eigenvalue weighted by Crippen LogP contribution is -2.38. The number of halogens is 3. The highest BCUT2D eigenvalue weighted by Crippen LogP contribution is 2.31. The van der Waals surface area contributed by atoms with Crippen molar-refractivity contribution in [3.63, 3.8) is 0 Å². The average molecular weight is 315 g/mol. The number of hydrogen-bond acceptors (Lipinski definition) is 3. The van der Waals surface area contributed by atoms with Crippen LogP contribution in [0.25, 0.3) is 11.0 Å². The van der Waals surface area contributed by atoms with Crippen molar-refractivity contribution in [1.82, 2.24) is 14.9 Å². The lowest BCUT2D eigenvalue weighted by molar-refractivity contribution is -0.147. The molecular weight excluding hydrogens is 299 g/mol.